The van der Waals surface area contributed by atoms with Gasteiger partial charge >= 0.3 is 6.18 Å². The van der Waals surface area contributed by atoms with Crippen LogP contribution in [0.15, 0.2) is 60.7 Å². The van der Waals surface area contributed by atoms with Gasteiger partial charge in [0.2, 0.25) is 5.91 Å². The van der Waals surface area contributed by atoms with E-state index in [0.29, 0.717) is 5.39 Å². The summed E-state index contributed by atoms with van der Waals surface area (Å²) >= 11 is 0. The zero-order valence-corrected chi connectivity index (χ0v) is 13.7. The molecule has 5 nitrogen and oxygen atoms in total. The van der Waals surface area contributed by atoms with Gasteiger partial charge < -0.3 is 5.73 Å². The summed E-state index contributed by atoms with van der Waals surface area (Å²) in [6.07, 6.45) is -4.51. The number of hydrogen-bond acceptors (Lipinski definition) is 3. The normalized spacial score (nSPS) is 11.4. The molecule has 0 atom stereocenters. The van der Waals surface area contributed by atoms with Crippen LogP contribution in [-0.4, -0.2) is 17.0 Å². The molecule has 0 saturated heterocycles. The highest BCUT2D eigenvalue weighted by molar-refractivity contribution is 6.07. The Bertz CT molecular complexity index is 1030. The van der Waals surface area contributed by atoms with Crippen LogP contribution in [0.2, 0.25) is 0 Å². The summed E-state index contributed by atoms with van der Waals surface area (Å²) in [7, 11) is 0. The summed E-state index contributed by atoms with van der Waals surface area (Å²) < 4.78 is 37.8. The molecule has 3 aromatic carbocycles. The first-order valence-corrected chi connectivity index (χ1v) is 7.71. The second-order valence-electron chi connectivity index (χ2n) is 5.80. The number of hydroxylamine groups is 1. The first-order valence-electron chi connectivity index (χ1n) is 7.71. The van der Waals surface area contributed by atoms with Gasteiger partial charge in [0.05, 0.1) is 11.3 Å². The molecule has 0 saturated carbocycles. The first kappa shape index (κ1) is 18.4. The Balaban J connectivity index is 1.91. The van der Waals surface area contributed by atoms with Crippen molar-refractivity contribution in [3.05, 3.63) is 77.4 Å². The number of nitrogens with two attached hydrogens (primary N) is 1. The molecule has 0 aliphatic rings. The minimum absolute atomic E-state index is 0.0894. The molecule has 3 rings (SSSR count). The highest BCUT2D eigenvalue weighted by Gasteiger charge is 2.30. The Labute approximate surface area is 151 Å². The number of benzene rings is 3. The molecule has 0 radical (unpaired) electrons. The summed E-state index contributed by atoms with van der Waals surface area (Å²) in [5.41, 5.74) is 4.58. The van der Waals surface area contributed by atoms with E-state index in [1.54, 1.807) is 18.2 Å². The van der Waals surface area contributed by atoms with Crippen LogP contribution in [0.5, 0.6) is 0 Å². The smallest absolute Gasteiger partial charge is 0.366 e. The van der Waals surface area contributed by atoms with Crippen molar-refractivity contribution < 1.29 is 28.0 Å². The quantitative estimate of drug-likeness (QED) is 0.537. The maximum atomic E-state index is 12.6. The number of amides is 2. The van der Waals surface area contributed by atoms with Gasteiger partial charge in [0.1, 0.15) is 0 Å². The number of rotatable bonds is 3. The van der Waals surface area contributed by atoms with Crippen molar-refractivity contribution in [2.24, 2.45) is 5.73 Å². The number of carbonyl (C=O) groups excluding carboxylic acids is 2. The molecule has 0 aromatic heterocycles. The standard InChI is InChI=1S/C19H13F3N2O3/c20-19(21,22)15-5-7-16(8-6-15)24(27)18(26)13-4-2-11-1-3-12(17(23)25)9-14(11)10-13/h1-10,27H,(H2,23,25). The minimum Gasteiger partial charge on any atom is -0.366 e. The van der Waals surface area contributed by atoms with Crippen LogP contribution in [0.25, 0.3) is 10.8 Å². The Hall–Kier alpha value is -3.39. The number of halogens is 3. The predicted molar refractivity (Wildman–Crippen MR) is 92.5 cm³/mol. The van der Waals surface area contributed by atoms with Crippen molar-refractivity contribution in [3.8, 4) is 0 Å². The van der Waals surface area contributed by atoms with E-state index in [4.69, 9.17) is 5.73 Å². The number of nitrogens with zero attached hydrogens (tertiary/aromatic N) is 1. The Morgan fingerprint density at radius 3 is 1.96 bits per heavy atom. The average Bonchev–Trinajstić information content (AvgIpc) is 2.65. The lowest BCUT2D eigenvalue weighted by Gasteiger charge is -2.16. The molecular weight excluding hydrogens is 361 g/mol. The average molecular weight is 374 g/mol. The van der Waals surface area contributed by atoms with Crippen LogP contribution in [0.4, 0.5) is 18.9 Å². The van der Waals surface area contributed by atoms with Crippen LogP contribution >= 0.6 is 0 Å². The van der Waals surface area contributed by atoms with Crippen LogP contribution in [0.3, 0.4) is 0 Å². The van der Waals surface area contributed by atoms with Gasteiger partial charge in [-0.3, -0.25) is 14.8 Å². The van der Waals surface area contributed by atoms with E-state index in [0.717, 1.165) is 29.7 Å². The Kier molecular flexibility index (Phi) is 4.59. The van der Waals surface area contributed by atoms with E-state index in [9.17, 15) is 28.0 Å². The molecule has 0 fully saturated rings. The van der Waals surface area contributed by atoms with Gasteiger partial charge in [-0.05, 0) is 59.3 Å². The molecule has 138 valence electrons. The molecule has 0 aliphatic carbocycles. The monoisotopic (exact) mass is 374 g/mol. The third-order valence-corrected chi connectivity index (χ3v) is 4.00. The fraction of sp³-hybridized carbons (Fsp3) is 0.0526. The molecule has 0 spiro atoms. The highest BCUT2D eigenvalue weighted by Crippen LogP contribution is 2.30. The molecule has 0 heterocycles. The first-order chi connectivity index (χ1) is 12.7. The highest BCUT2D eigenvalue weighted by atomic mass is 19.4. The molecule has 3 N–H and O–H groups in total. The Morgan fingerprint density at radius 1 is 0.852 bits per heavy atom. The van der Waals surface area contributed by atoms with Crippen molar-refractivity contribution in [1.82, 2.24) is 0 Å². The van der Waals surface area contributed by atoms with Crippen LogP contribution in [0, 0.1) is 0 Å². The van der Waals surface area contributed by atoms with Gasteiger partial charge in [0.25, 0.3) is 5.91 Å². The summed E-state index contributed by atoms with van der Waals surface area (Å²) in [5, 5.41) is 11.6. The molecule has 0 aliphatic heterocycles. The van der Waals surface area contributed by atoms with E-state index in [2.05, 4.69) is 0 Å². The van der Waals surface area contributed by atoms with Gasteiger partial charge in [-0.1, -0.05) is 12.1 Å². The van der Waals surface area contributed by atoms with Crippen molar-refractivity contribution in [2.75, 3.05) is 5.06 Å². The summed E-state index contributed by atoms with van der Waals surface area (Å²) in [5.74, 6) is -1.46. The van der Waals surface area contributed by atoms with Crippen LogP contribution < -0.4 is 10.8 Å². The maximum absolute atomic E-state index is 12.6. The number of primary amides is 1. The van der Waals surface area contributed by atoms with Crippen molar-refractivity contribution in [2.45, 2.75) is 6.18 Å². The summed E-state index contributed by atoms with van der Waals surface area (Å²) in [6.45, 7) is 0. The number of hydrogen-bond donors (Lipinski definition) is 2. The topological polar surface area (TPSA) is 83.6 Å². The lowest BCUT2D eigenvalue weighted by Crippen LogP contribution is -2.27. The van der Waals surface area contributed by atoms with Gasteiger partial charge in [0, 0.05) is 11.1 Å². The second-order valence-corrected chi connectivity index (χ2v) is 5.80. The summed E-state index contributed by atoms with van der Waals surface area (Å²) in [4.78, 5) is 23.7. The molecule has 0 bridgehead atoms. The second kappa shape index (κ2) is 6.73. The number of alkyl halides is 3. The largest absolute Gasteiger partial charge is 0.416 e. The third kappa shape index (κ3) is 3.75. The zero-order valence-electron chi connectivity index (χ0n) is 13.7. The Morgan fingerprint density at radius 2 is 1.41 bits per heavy atom. The number of fused-ring (bicyclic) bond motifs is 1. The minimum atomic E-state index is -4.51. The SMILES string of the molecule is NC(=O)c1ccc2ccc(C(=O)N(O)c3ccc(C(F)(F)F)cc3)cc2c1. The maximum Gasteiger partial charge on any atom is 0.416 e. The fourth-order valence-corrected chi connectivity index (χ4v) is 2.56. The predicted octanol–water partition coefficient (Wildman–Crippen LogP) is 3.99. The van der Waals surface area contributed by atoms with E-state index in [1.165, 1.54) is 18.2 Å². The molecule has 3 aromatic rings. The van der Waals surface area contributed by atoms with Gasteiger partial charge in [-0.25, -0.2) is 0 Å². The molecule has 2 amide bonds. The van der Waals surface area contributed by atoms with Crippen LogP contribution in [0.1, 0.15) is 26.3 Å². The van der Waals surface area contributed by atoms with E-state index in [-0.39, 0.29) is 21.9 Å². The van der Waals surface area contributed by atoms with E-state index < -0.39 is 23.6 Å². The lowest BCUT2D eigenvalue weighted by atomic mass is 10.0. The van der Waals surface area contributed by atoms with Crippen molar-refractivity contribution in [3.63, 3.8) is 0 Å². The van der Waals surface area contributed by atoms with E-state index in [1.807, 2.05) is 0 Å². The van der Waals surface area contributed by atoms with Crippen molar-refractivity contribution in [1.29, 1.82) is 0 Å². The summed E-state index contributed by atoms with van der Waals surface area (Å²) in [6, 6.07) is 12.8. The van der Waals surface area contributed by atoms with Gasteiger partial charge in [-0.15, -0.1) is 0 Å². The van der Waals surface area contributed by atoms with E-state index >= 15 is 0 Å². The molecule has 27 heavy (non-hydrogen) atoms. The fourth-order valence-electron chi connectivity index (χ4n) is 2.56. The van der Waals surface area contributed by atoms with Crippen molar-refractivity contribution >= 4 is 28.3 Å². The number of carbonyl (C=O) groups is 2. The van der Waals surface area contributed by atoms with Gasteiger partial charge in [-0.2, -0.15) is 18.2 Å². The lowest BCUT2D eigenvalue weighted by molar-refractivity contribution is -0.137. The third-order valence-electron chi connectivity index (χ3n) is 4.00. The number of anilines is 1. The van der Waals surface area contributed by atoms with Crippen LogP contribution in [-0.2, 0) is 6.18 Å². The molecule has 8 heteroatoms. The molecular formula is C19H13F3N2O3. The zero-order chi connectivity index (χ0) is 19.8. The molecule has 0 unspecified atom stereocenters. The van der Waals surface area contributed by atoms with Gasteiger partial charge in [0.15, 0.2) is 0 Å².